The van der Waals surface area contributed by atoms with Crippen LogP contribution in [0, 0.1) is 5.92 Å². The van der Waals surface area contributed by atoms with E-state index in [0.29, 0.717) is 6.54 Å². The maximum absolute atomic E-state index is 11.9. The van der Waals surface area contributed by atoms with Gasteiger partial charge in [-0.15, -0.1) is 0 Å². The Labute approximate surface area is 93.4 Å². The minimum Gasteiger partial charge on any atom is -0.342 e. The molecule has 0 unspecified atom stereocenters. The van der Waals surface area contributed by atoms with Gasteiger partial charge in [0.05, 0.1) is 6.54 Å². The molecule has 0 N–H and O–H groups in total. The molecule has 1 fully saturated rings. The summed E-state index contributed by atoms with van der Waals surface area (Å²) in [6, 6.07) is 0. The summed E-state index contributed by atoms with van der Waals surface area (Å²) in [4.78, 5) is 16.1. The van der Waals surface area contributed by atoms with Gasteiger partial charge in [-0.1, -0.05) is 6.92 Å². The van der Waals surface area contributed by atoms with Crippen molar-refractivity contribution in [2.45, 2.75) is 33.6 Å². The van der Waals surface area contributed by atoms with E-state index >= 15 is 0 Å². The fourth-order valence-electron chi connectivity index (χ4n) is 2.30. The van der Waals surface area contributed by atoms with Crippen LogP contribution in [0.25, 0.3) is 0 Å². The topological polar surface area (TPSA) is 23.6 Å². The van der Waals surface area contributed by atoms with E-state index in [9.17, 15) is 4.79 Å². The lowest BCUT2D eigenvalue weighted by molar-refractivity contribution is -0.132. The van der Waals surface area contributed by atoms with Crippen molar-refractivity contribution in [1.29, 1.82) is 0 Å². The number of amides is 1. The van der Waals surface area contributed by atoms with Crippen LogP contribution in [-0.4, -0.2) is 48.4 Å². The summed E-state index contributed by atoms with van der Waals surface area (Å²) in [6.45, 7) is 10.8. The van der Waals surface area contributed by atoms with Gasteiger partial charge in [0.2, 0.25) is 5.91 Å². The molecule has 3 nitrogen and oxygen atoms in total. The third kappa shape index (κ3) is 3.82. The van der Waals surface area contributed by atoms with Crippen LogP contribution in [0.5, 0.6) is 0 Å². The number of likely N-dealkylation sites (tertiary alicyclic amines) is 1. The van der Waals surface area contributed by atoms with Crippen LogP contribution >= 0.6 is 0 Å². The Morgan fingerprint density at radius 3 is 2.60 bits per heavy atom. The van der Waals surface area contributed by atoms with Gasteiger partial charge in [-0.05, 0) is 39.2 Å². The van der Waals surface area contributed by atoms with E-state index in [1.807, 2.05) is 18.7 Å². The van der Waals surface area contributed by atoms with Crippen molar-refractivity contribution >= 4 is 5.91 Å². The first-order chi connectivity index (χ1) is 7.17. The summed E-state index contributed by atoms with van der Waals surface area (Å²) >= 11 is 0. The quantitative estimate of drug-likeness (QED) is 0.706. The number of carbonyl (C=O) groups is 1. The second-order valence-electron chi connectivity index (χ2n) is 4.55. The van der Waals surface area contributed by atoms with Crippen molar-refractivity contribution in [2.24, 2.45) is 5.92 Å². The Kier molecular flexibility index (Phi) is 5.09. The van der Waals surface area contributed by atoms with Gasteiger partial charge in [0, 0.05) is 19.6 Å². The minimum atomic E-state index is 0.286. The van der Waals surface area contributed by atoms with Gasteiger partial charge in [0.1, 0.15) is 0 Å². The molecule has 1 saturated heterocycles. The Balaban J connectivity index is 2.36. The molecule has 1 aliphatic heterocycles. The molecule has 3 heteroatoms. The van der Waals surface area contributed by atoms with Crippen molar-refractivity contribution in [3.63, 3.8) is 0 Å². The van der Waals surface area contributed by atoms with Crippen LogP contribution in [0.15, 0.2) is 0 Å². The second kappa shape index (κ2) is 6.11. The molecular formula is C12H24N2O. The Hall–Kier alpha value is -0.570. The fraction of sp³-hybridized carbons (Fsp3) is 0.917. The highest BCUT2D eigenvalue weighted by atomic mass is 16.2. The standard InChI is InChI=1S/C12H24N2O/c1-4-14(5-2)12(15)10-13-8-6-7-11(3)9-13/h11H,4-10H2,1-3H3/t11-/m1/s1. The number of carbonyl (C=O) groups excluding carboxylic acids is 1. The largest absolute Gasteiger partial charge is 0.342 e. The number of hydrogen-bond donors (Lipinski definition) is 0. The first-order valence-corrected chi connectivity index (χ1v) is 6.17. The Morgan fingerprint density at radius 2 is 2.07 bits per heavy atom. The summed E-state index contributed by atoms with van der Waals surface area (Å²) in [7, 11) is 0. The molecule has 0 aliphatic carbocycles. The zero-order valence-corrected chi connectivity index (χ0v) is 10.3. The maximum atomic E-state index is 11.9. The van der Waals surface area contributed by atoms with Gasteiger partial charge >= 0.3 is 0 Å². The molecule has 0 spiro atoms. The molecule has 15 heavy (non-hydrogen) atoms. The van der Waals surface area contributed by atoms with Crippen LogP contribution in [-0.2, 0) is 4.79 Å². The number of piperidine rings is 1. The third-order valence-corrected chi connectivity index (χ3v) is 3.22. The zero-order valence-electron chi connectivity index (χ0n) is 10.3. The number of rotatable bonds is 4. The summed E-state index contributed by atoms with van der Waals surface area (Å²) in [5.74, 6) is 1.04. The highest BCUT2D eigenvalue weighted by Crippen LogP contribution is 2.15. The van der Waals surface area contributed by atoms with Crippen molar-refractivity contribution < 1.29 is 4.79 Å². The van der Waals surface area contributed by atoms with E-state index in [1.54, 1.807) is 0 Å². The molecule has 1 rings (SSSR count). The molecule has 1 atom stereocenters. The highest BCUT2D eigenvalue weighted by molar-refractivity contribution is 5.78. The van der Waals surface area contributed by atoms with Gasteiger partial charge in [-0.25, -0.2) is 0 Å². The van der Waals surface area contributed by atoms with Gasteiger partial charge in [0.15, 0.2) is 0 Å². The van der Waals surface area contributed by atoms with Crippen molar-refractivity contribution in [1.82, 2.24) is 9.80 Å². The predicted octanol–water partition coefficient (Wildman–Crippen LogP) is 1.59. The molecule has 0 aromatic heterocycles. The van der Waals surface area contributed by atoms with Crippen molar-refractivity contribution in [3.8, 4) is 0 Å². The minimum absolute atomic E-state index is 0.286. The lowest BCUT2D eigenvalue weighted by Crippen LogP contribution is -2.43. The van der Waals surface area contributed by atoms with E-state index in [-0.39, 0.29) is 5.91 Å². The van der Waals surface area contributed by atoms with E-state index in [0.717, 1.165) is 32.1 Å². The average Bonchev–Trinajstić information content (AvgIpc) is 2.19. The van der Waals surface area contributed by atoms with E-state index in [1.165, 1.54) is 12.8 Å². The van der Waals surface area contributed by atoms with Crippen LogP contribution in [0.4, 0.5) is 0 Å². The summed E-state index contributed by atoms with van der Waals surface area (Å²) in [6.07, 6.45) is 2.56. The average molecular weight is 212 g/mol. The van der Waals surface area contributed by atoms with Gasteiger partial charge in [-0.2, -0.15) is 0 Å². The summed E-state index contributed by atoms with van der Waals surface area (Å²) in [5.41, 5.74) is 0. The lowest BCUT2D eigenvalue weighted by Gasteiger charge is -2.31. The molecule has 1 amide bonds. The number of hydrogen-bond acceptors (Lipinski definition) is 2. The highest BCUT2D eigenvalue weighted by Gasteiger charge is 2.20. The predicted molar refractivity (Wildman–Crippen MR) is 62.8 cm³/mol. The number of nitrogens with zero attached hydrogens (tertiary/aromatic N) is 2. The lowest BCUT2D eigenvalue weighted by atomic mass is 10.0. The second-order valence-corrected chi connectivity index (χ2v) is 4.55. The van der Waals surface area contributed by atoms with Gasteiger partial charge < -0.3 is 4.90 Å². The van der Waals surface area contributed by atoms with E-state index in [2.05, 4.69) is 11.8 Å². The monoisotopic (exact) mass is 212 g/mol. The van der Waals surface area contributed by atoms with E-state index < -0.39 is 0 Å². The number of likely N-dealkylation sites (N-methyl/N-ethyl adjacent to an activating group) is 1. The van der Waals surface area contributed by atoms with Crippen molar-refractivity contribution in [2.75, 3.05) is 32.7 Å². The van der Waals surface area contributed by atoms with Crippen LogP contribution in [0.1, 0.15) is 33.6 Å². The summed E-state index contributed by atoms with van der Waals surface area (Å²) in [5, 5.41) is 0. The molecule has 1 aliphatic rings. The smallest absolute Gasteiger partial charge is 0.236 e. The molecule has 0 aromatic carbocycles. The maximum Gasteiger partial charge on any atom is 0.236 e. The first kappa shape index (κ1) is 12.5. The molecule has 0 saturated carbocycles. The third-order valence-electron chi connectivity index (χ3n) is 3.22. The van der Waals surface area contributed by atoms with Crippen LogP contribution < -0.4 is 0 Å². The van der Waals surface area contributed by atoms with Crippen LogP contribution in [0.2, 0.25) is 0 Å². The fourth-order valence-corrected chi connectivity index (χ4v) is 2.30. The molecule has 0 radical (unpaired) electrons. The normalized spacial score (nSPS) is 22.7. The molecule has 88 valence electrons. The summed E-state index contributed by atoms with van der Waals surface area (Å²) < 4.78 is 0. The Bertz CT molecular complexity index is 202. The molecule has 0 aromatic rings. The molecule has 0 bridgehead atoms. The zero-order chi connectivity index (χ0) is 11.3. The molecular weight excluding hydrogens is 188 g/mol. The van der Waals surface area contributed by atoms with E-state index in [4.69, 9.17) is 0 Å². The first-order valence-electron chi connectivity index (χ1n) is 6.17. The molecule has 1 heterocycles. The van der Waals surface area contributed by atoms with Gasteiger partial charge in [-0.3, -0.25) is 9.69 Å². The Morgan fingerprint density at radius 1 is 1.40 bits per heavy atom. The van der Waals surface area contributed by atoms with Gasteiger partial charge in [0.25, 0.3) is 0 Å². The van der Waals surface area contributed by atoms with Crippen molar-refractivity contribution in [3.05, 3.63) is 0 Å². The van der Waals surface area contributed by atoms with Crippen LogP contribution in [0.3, 0.4) is 0 Å². The SMILES string of the molecule is CCN(CC)C(=O)CN1CCC[C@@H](C)C1.